The summed E-state index contributed by atoms with van der Waals surface area (Å²) in [7, 11) is 0. The fourth-order valence-electron chi connectivity index (χ4n) is 1.29. The van der Waals surface area contributed by atoms with Crippen LogP contribution in [0.15, 0.2) is 29.3 Å². The van der Waals surface area contributed by atoms with Crippen LogP contribution in [0.1, 0.15) is 31.9 Å². The third-order valence-electron chi connectivity index (χ3n) is 2.26. The largest absolute Gasteiger partial charge is 0.370 e. The van der Waals surface area contributed by atoms with Crippen molar-refractivity contribution in [2.45, 2.75) is 32.7 Å². The molecule has 0 aliphatic carbocycles. The predicted octanol–water partition coefficient (Wildman–Crippen LogP) is 2.18. The van der Waals surface area contributed by atoms with Gasteiger partial charge in [0.2, 0.25) is 0 Å². The highest BCUT2D eigenvalue weighted by molar-refractivity contribution is 5.85. The average molecular weight is 242 g/mol. The molecule has 0 atom stereocenters. The summed E-state index contributed by atoms with van der Waals surface area (Å²) in [6.07, 6.45) is 0. The Morgan fingerprint density at radius 2 is 1.62 bits per heavy atom. The minimum absolute atomic E-state index is 0. The Hall–Kier alpha value is -1.22. The van der Waals surface area contributed by atoms with Crippen LogP contribution in [0.2, 0.25) is 0 Å². The van der Waals surface area contributed by atoms with Gasteiger partial charge in [-0.2, -0.15) is 0 Å². The van der Waals surface area contributed by atoms with Crippen molar-refractivity contribution in [2.24, 2.45) is 16.5 Å². The van der Waals surface area contributed by atoms with Crippen molar-refractivity contribution in [3.8, 4) is 0 Å². The van der Waals surface area contributed by atoms with E-state index in [1.807, 2.05) is 0 Å². The summed E-state index contributed by atoms with van der Waals surface area (Å²) in [5, 5.41) is 0. The van der Waals surface area contributed by atoms with E-state index in [4.69, 9.17) is 11.5 Å². The zero-order valence-corrected chi connectivity index (χ0v) is 10.8. The van der Waals surface area contributed by atoms with E-state index in [0.29, 0.717) is 6.54 Å². The highest BCUT2D eigenvalue weighted by Crippen LogP contribution is 2.22. The van der Waals surface area contributed by atoms with Crippen LogP contribution in [0.4, 0.5) is 0 Å². The minimum atomic E-state index is 0. The van der Waals surface area contributed by atoms with Crippen LogP contribution in [0, 0.1) is 0 Å². The molecule has 0 heterocycles. The van der Waals surface area contributed by atoms with Crippen molar-refractivity contribution in [2.75, 3.05) is 0 Å². The van der Waals surface area contributed by atoms with Gasteiger partial charge in [-0.1, -0.05) is 45.0 Å². The van der Waals surface area contributed by atoms with Gasteiger partial charge in [-0.25, -0.2) is 4.99 Å². The van der Waals surface area contributed by atoms with Crippen molar-refractivity contribution in [1.29, 1.82) is 0 Å². The summed E-state index contributed by atoms with van der Waals surface area (Å²) in [6.45, 7) is 7.13. The van der Waals surface area contributed by atoms with Gasteiger partial charge in [0, 0.05) is 0 Å². The van der Waals surface area contributed by atoms with E-state index in [1.165, 1.54) is 5.56 Å². The molecule has 1 aromatic carbocycles. The second-order valence-corrected chi connectivity index (χ2v) is 4.69. The summed E-state index contributed by atoms with van der Waals surface area (Å²) in [5.74, 6) is 0.134. The normalized spacial score (nSPS) is 10.4. The Labute approximate surface area is 103 Å². The van der Waals surface area contributed by atoms with E-state index < -0.39 is 0 Å². The van der Waals surface area contributed by atoms with Crippen LogP contribution in [-0.2, 0) is 12.0 Å². The number of nitrogens with two attached hydrogens (primary N) is 2. The summed E-state index contributed by atoms with van der Waals surface area (Å²) in [5.41, 5.74) is 13.2. The van der Waals surface area contributed by atoms with E-state index in [1.54, 1.807) is 0 Å². The maximum Gasteiger partial charge on any atom is 0.186 e. The molecular formula is C12H20ClN3. The summed E-state index contributed by atoms with van der Waals surface area (Å²) in [4.78, 5) is 3.96. The standard InChI is InChI=1S/C12H19N3.ClH/c1-12(2,3)10-6-4-9(5-7-10)8-15-11(13)14;/h4-7H,8H2,1-3H3,(H4,13,14,15);1H. The fraction of sp³-hybridized carbons (Fsp3) is 0.417. The summed E-state index contributed by atoms with van der Waals surface area (Å²) >= 11 is 0. The van der Waals surface area contributed by atoms with E-state index in [9.17, 15) is 0 Å². The second kappa shape index (κ2) is 5.75. The van der Waals surface area contributed by atoms with Crippen LogP contribution in [-0.4, -0.2) is 5.96 Å². The molecule has 0 spiro atoms. The van der Waals surface area contributed by atoms with Gasteiger partial charge in [0.25, 0.3) is 0 Å². The number of hydrogen-bond acceptors (Lipinski definition) is 1. The third kappa shape index (κ3) is 4.53. The number of rotatable bonds is 2. The minimum Gasteiger partial charge on any atom is -0.370 e. The fourth-order valence-corrected chi connectivity index (χ4v) is 1.29. The highest BCUT2D eigenvalue weighted by Gasteiger charge is 2.12. The first-order valence-electron chi connectivity index (χ1n) is 5.04. The first-order chi connectivity index (χ1) is 6.89. The molecule has 0 bridgehead atoms. The molecule has 0 fully saturated rings. The van der Waals surface area contributed by atoms with E-state index in [-0.39, 0.29) is 23.8 Å². The van der Waals surface area contributed by atoms with Gasteiger partial charge in [0.15, 0.2) is 5.96 Å². The molecule has 0 amide bonds. The number of aliphatic imine (C=N–C) groups is 1. The number of halogens is 1. The quantitative estimate of drug-likeness (QED) is 0.616. The van der Waals surface area contributed by atoms with E-state index in [2.05, 4.69) is 50.0 Å². The van der Waals surface area contributed by atoms with Gasteiger partial charge in [0.05, 0.1) is 6.54 Å². The summed E-state index contributed by atoms with van der Waals surface area (Å²) in [6, 6.07) is 8.37. The number of benzene rings is 1. The van der Waals surface area contributed by atoms with Crippen molar-refractivity contribution in [3.05, 3.63) is 35.4 Å². The molecular weight excluding hydrogens is 222 g/mol. The Morgan fingerprint density at radius 1 is 1.12 bits per heavy atom. The molecule has 0 radical (unpaired) electrons. The molecule has 0 aromatic heterocycles. The molecule has 16 heavy (non-hydrogen) atoms. The lowest BCUT2D eigenvalue weighted by Gasteiger charge is -2.18. The van der Waals surface area contributed by atoms with Crippen LogP contribution in [0.25, 0.3) is 0 Å². The lowest BCUT2D eigenvalue weighted by atomic mass is 9.87. The Balaban J connectivity index is 0.00000225. The van der Waals surface area contributed by atoms with Gasteiger partial charge in [-0.05, 0) is 16.5 Å². The smallest absolute Gasteiger partial charge is 0.186 e. The summed E-state index contributed by atoms with van der Waals surface area (Å²) < 4.78 is 0. The molecule has 1 rings (SSSR count). The lowest BCUT2D eigenvalue weighted by Crippen LogP contribution is -2.22. The lowest BCUT2D eigenvalue weighted by molar-refractivity contribution is 0.590. The number of hydrogen-bond donors (Lipinski definition) is 2. The first-order valence-corrected chi connectivity index (χ1v) is 5.04. The van der Waals surface area contributed by atoms with Gasteiger partial charge < -0.3 is 11.5 Å². The molecule has 3 nitrogen and oxygen atoms in total. The molecule has 4 heteroatoms. The zero-order valence-electron chi connectivity index (χ0n) is 10.0. The Morgan fingerprint density at radius 3 is 2.00 bits per heavy atom. The molecule has 0 saturated carbocycles. The maximum atomic E-state index is 5.27. The zero-order chi connectivity index (χ0) is 11.5. The number of guanidine groups is 1. The Bertz CT molecular complexity index is 346. The van der Waals surface area contributed by atoms with Crippen molar-refractivity contribution in [3.63, 3.8) is 0 Å². The molecule has 0 aliphatic heterocycles. The van der Waals surface area contributed by atoms with Gasteiger partial charge in [0.1, 0.15) is 0 Å². The molecule has 1 aromatic rings. The van der Waals surface area contributed by atoms with Crippen LogP contribution < -0.4 is 11.5 Å². The monoisotopic (exact) mass is 241 g/mol. The second-order valence-electron chi connectivity index (χ2n) is 4.69. The van der Waals surface area contributed by atoms with Crippen LogP contribution in [0.3, 0.4) is 0 Å². The van der Waals surface area contributed by atoms with Gasteiger partial charge in [-0.15, -0.1) is 12.4 Å². The van der Waals surface area contributed by atoms with Crippen molar-refractivity contribution < 1.29 is 0 Å². The Kier molecular flexibility index (Phi) is 5.31. The van der Waals surface area contributed by atoms with Crippen molar-refractivity contribution in [1.82, 2.24) is 0 Å². The predicted molar refractivity (Wildman–Crippen MR) is 71.9 cm³/mol. The van der Waals surface area contributed by atoms with Crippen molar-refractivity contribution >= 4 is 18.4 Å². The average Bonchev–Trinajstić information content (AvgIpc) is 2.14. The topological polar surface area (TPSA) is 64.4 Å². The first kappa shape index (κ1) is 14.8. The molecule has 0 saturated heterocycles. The molecule has 0 unspecified atom stereocenters. The highest BCUT2D eigenvalue weighted by atomic mass is 35.5. The maximum absolute atomic E-state index is 5.27. The number of nitrogens with zero attached hydrogens (tertiary/aromatic N) is 1. The molecule has 90 valence electrons. The van der Waals surface area contributed by atoms with Gasteiger partial charge >= 0.3 is 0 Å². The SMILES string of the molecule is CC(C)(C)c1ccc(CN=C(N)N)cc1.Cl. The van der Waals surface area contributed by atoms with Gasteiger partial charge in [-0.3, -0.25) is 0 Å². The van der Waals surface area contributed by atoms with Crippen LogP contribution in [0.5, 0.6) is 0 Å². The third-order valence-corrected chi connectivity index (χ3v) is 2.26. The van der Waals surface area contributed by atoms with E-state index >= 15 is 0 Å². The molecule has 0 aliphatic rings. The van der Waals surface area contributed by atoms with E-state index in [0.717, 1.165) is 5.56 Å². The molecule has 4 N–H and O–H groups in total. The van der Waals surface area contributed by atoms with Crippen LogP contribution >= 0.6 is 12.4 Å².